The number of halogens is 1. The molecule has 0 unspecified atom stereocenters. The maximum absolute atomic E-state index is 12.4. The van der Waals surface area contributed by atoms with Crippen molar-refractivity contribution < 1.29 is 17.9 Å². The lowest BCUT2D eigenvalue weighted by molar-refractivity contribution is -0.140. The molecule has 0 saturated carbocycles. The Morgan fingerprint density at radius 1 is 1.42 bits per heavy atom. The van der Waals surface area contributed by atoms with Crippen LogP contribution in [0.15, 0.2) is 33.6 Å². The normalized spacial score (nSPS) is 11.6. The summed E-state index contributed by atoms with van der Waals surface area (Å²) in [5.74, 6) is -0.577. The molecule has 5 nitrogen and oxygen atoms in total. The van der Waals surface area contributed by atoms with E-state index in [4.69, 9.17) is 0 Å². The average molecular weight is 350 g/mol. The molecule has 0 heterocycles. The highest BCUT2D eigenvalue weighted by molar-refractivity contribution is 9.10. The molecule has 0 N–H and O–H groups in total. The molecule has 0 aliphatic rings. The van der Waals surface area contributed by atoms with Gasteiger partial charge in [0.15, 0.2) is 0 Å². The van der Waals surface area contributed by atoms with Gasteiger partial charge in [-0.15, -0.1) is 0 Å². The summed E-state index contributed by atoms with van der Waals surface area (Å²) in [6, 6.07) is 6.39. The number of hydrogen-bond acceptors (Lipinski definition) is 4. The first-order chi connectivity index (χ1) is 8.91. The van der Waals surface area contributed by atoms with Crippen LogP contribution in [0.5, 0.6) is 0 Å². The standard InChI is InChI=1S/C12H16BrNO4S/c1-3-7-14(9-12(15)18-2)19(16,17)11-6-4-5-10(13)8-11/h4-6,8H,3,7,9H2,1-2H3. The summed E-state index contributed by atoms with van der Waals surface area (Å²) >= 11 is 3.23. The maximum Gasteiger partial charge on any atom is 0.321 e. The van der Waals surface area contributed by atoms with Crippen LogP contribution < -0.4 is 0 Å². The van der Waals surface area contributed by atoms with E-state index in [2.05, 4.69) is 20.7 Å². The number of carbonyl (C=O) groups is 1. The van der Waals surface area contributed by atoms with Crippen molar-refractivity contribution in [2.75, 3.05) is 20.2 Å². The Hall–Kier alpha value is -0.920. The van der Waals surface area contributed by atoms with Crippen molar-refractivity contribution >= 4 is 31.9 Å². The van der Waals surface area contributed by atoms with Crippen LogP contribution in [0.2, 0.25) is 0 Å². The minimum Gasteiger partial charge on any atom is -0.468 e. The molecule has 7 heteroatoms. The third-order valence-electron chi connectivity index (χ3n) is 2.44. The first-order valence-electron chi connectivity index (χ1n) is 5.74. The number of rotatable bonds is 6. The van der Waals surface area contributed by atoms with Crippen LogP contribution in [-0.4, -0.2) is 38.9 Å². The van der Waals surface area contributed by atoms with E-state index in [0.29, 0.717) is 10.9 Å². The predicted molar refractivity (Wildman–Crippen MR) is 75.2 cm³/mol. The number of hydrogen-bond donors (Lipinski definition) is 0. The van der Waals surface area contributed by atoms with Gasteiger partial charge >= 0.3 is 5.97 Å². The second-order valence-electron chi connectivity index (χ2n) is 3.87. The van der Waals surface area contributed by atoms with Gasteiger partial charge in [-0.2, -0.15) is 4.31 Å². The molecule has 106 valence electrons. The highest BCUT2D eigenvalue weighted by atomic mass is 79.9. The highest BCUT2D eigenvalue weighted by Crippen LogP contribution is 2.20. The summed E-state index contributed by atoms with van der Waals surface area (Å²) in [5, 5.41) is 0. The van der Waals surface area contributed by atoms with E-state index in [1.165, 1.54) is 19.2 Å². The summed E-state index contributed by atoms with van der Waals surface area (Å²) in [7, 11) is -2.45. The summed E-state index contributed by atoms with van der Waals surface area (Å²) in [6.07, 6.45) is 0.615. The van der Waals surface area contributed by atoms with Gasteiger partial charge in [0.1, 0.15) is 6.54 Å². The number of benzene rings is 1. The van der Waals surface area contributed by atoms with Crippen LogP contribution in [0.4, 0.5) is 0 Å². The van der Waals surface area contributed by atoms with E-state index in [9.17, 15) is 13.2 Å². The van der Waals surface area contributed by atoms with Gasteiger partial charge in [-0.3, -0.25) is 4.79 Å². The number of methoxy groups -OCH3 is 1. The first-order valence-corrected chi connectivity index (χ1v) is 7.97. The third-order valence-corrected chi connectivity index (χ3v) is 4.77. The smallest absolute Gasteiger partial charge is 0.321 e. The Bertz CT molecular complexity index is 544. The Morgan fingerprint density at radius 3 is 2.63 bits per heavy atom. The first kappa shape index (κ1) is 16.1. The van der Waals surface area contributed by atoms with Crippen molar-refractivity contribution in [3.8, 4) is 0 Å². The van der Waals surface area contributed by atoms with Crippen LogP contribution >= 0.6 is 15.9 Å². The molecule has 1 rings (SSSR count). The van der Waals surface area contributed by atoms with Crippen LogP contribution in [0.1, 0.15) is 13.3 Å². The maximum atomic E-state index is 12.4. The van der Waals surface area contributed by atoms with Crippen LogP contribution in [-0.2, 0) is 19.6 Å². The molecule has 0 spiro atoms. The van der Waals surface area contributed by atoms with E-state index in [0.717, 1.165) is 4.31 Å². The fourth-order valence-corrected chi connectivity index (χ4v) is 3.59. The van der Waals surface area contributed by atoms with E-state index in [1.54, 1.807) is 12.1 Å². The van der Waals surface area contributed by atoms with E-state index >= 15 is 0 Å². The molecule has 0 saturated heterocycles. The van der Waals surface area contributed by atoms with Crippen molar-refractivity contribution in [2.45, 2.75) is 18.2 Å². The van der Waals surface area contributed by atoms with Crippen molar-refractivity contribution in [3.05, 3.63) is 28.7 Å². The van der Waals surface area contributed by atoms with Crippen LogP contribution in [0.3, 0.4) is 0 Å². The van der Waals surface area contributed by atoms with Gasteiger partial charge < -0.3 is 4.74 Å². The number of carbonyl (C=O) groups excluding carboxylic acids is 1. The summed E-state index contributed by atoms with van der Waals surface area (Å²) in [4.78, 5) is 11.5. The van der Waals surface area contributed by atoms with Crippen LogP contribution in [0, 0.1) is 0 Å². The molecule has 0 aliphatic carbocycles. The fourth-order valence-electron chi connectivity index (χ4n) is 1.52. The molecule has 0 atom stereocenters. The minimum atomic E-state index is -3.69. The van der Waals surface area contributed by atoms with Gasteiger partial charge in [0.2, 0.25) is 10.0 Å². The second kappa shape index (κ2) is 7.02. The van der Waals surface area contributed by atoms with E-state index in [1.807, 2.05) is 6.92 Å². The molecule has 0 aromatic heterocycles. The van der Waals surface area contributed by atoms with Gasteiger partial charge in [-0.1, -0.05) is 28.9 Å². The van der Waals surface area contributed by atoms with Gasteiger partial charge in [0.05, 0.1) is 12.0 Å². The molecule has 1 aromatic rings. The lowest BCUT2D eigenvalue weighted by Crippen LogP contribution is -2.36. The SMILES string of the molecule is CCCN(CC(=O)OC)S(=O)(=O)c1cccc(Br)c1. The molecule has 0 fully saturated rings. The molecule has 1 aromatic carbocycles. The van der Waals surface area contributed by atoms with Crippen molar-refractivity contribution in [2.24, 2.45) is 0 Å². The minimum absolute atomic E-state index is 0.152. The molecule has 19 heavy (non-hydrogen) atoms. The molecule has 0 amide bonds. The highest BCUT2D eigenvalue weighted by Gasteiger charge is 2.26. The second-order valence-corrected chi connectivity index (χ2v) is 6.73. The van der Waals surface area contributed by atoms with Gasteiger partial charge in [-0.05, 0) is 24.6 Å². The molecule has 0 aliphatic heterocycles. The summed E-state index contributed by atoms with van der Waals surface area (Å²) < 4.78 is 31.2. The number of nitrogens with zero attached hydrogens (tertiary/aromatic N) is 1. The zero-order valence-corrected chi connectivity index (χ0v) is 13.2. The van der Waals surface area contributed by atoms with E-state index < -0.39 is 16.0 Å². The third kappa shape index (κ3) is 4.29. The summed E-state index contributed by atoms with van der Waals surface area (Å²) in [6.45, 7) is 1.84. The van der Waals surface area contributed by atoms with Gasteiger partial charge in [0, 0.05) is 11.0 Å². The lowest BCUT2D eigenvalue weighted by Gasteiger charge is -2.20. The summed E-state index contributed by atoms with van der Waals surface area (Å²) in [5.41, 5.74) is 0. The quantitative estimate of drug-likeness (QED) is 0.737. The van der Waals surface area contributed by atoms with Crippen LogP contribution in [0.25, 0.3) is 0 Å². The van der Waals surface area contributed by atoms with Crippen molar-refractivity contribution in [1.29, 1.82) is 0 Å². The van der Waals surface area contributed by atoms with Crippen molar-refractivity contribution in [1.82, 2.24) is 4.31 Å². The topological polar surface area (TPSA) is 63.7 Å². The van der Waals surface area contributed by atoms with E-state index in [-0.39, 0.29) is 18.0 Å². The molecule has 0 bridgehead atoms. The zero-order valence-electron chi connectivity index (χ0n) is 10.8. The number of sulfonamides is 1. The van der Waals surface area contributed by atoms with Gasteiger partial charge in [-0.25, -0.2) is 8.42 Å². The molecule has 0 radical (unpaired) electrons. The molecular formula is C12H16BrNO4S. The Morgan fingerprint density at radius 2 is 2.11 bits per heavy atom. The average Bonchev–Trinajstić information content (AvgIpc) is 2.38. The predicted octanol–water partition coefficient (Wildman–Crippen LogP) is 2.02. The largest absolute Gasteiger partial charge is 0.468 e. The number of ether oxygens (including phenoxy) is 1. The van der Waals surface area contributed by atoms with Gasteiger partial charge in [0.25, 0.3) is 0 Å². The Labute approximate surface area is 121 Å². The number of esters is 1. The van der Waals surface area contributed by atoms with Crippen molar-refractivity contribution in [3.63, 3.8) is 0 Å². The Balaban J connectivity index is 3.09. The monoisotopic (exact) mass is 349 g/mol. The lowest BCUT2D eigenvalue weighted by atomic mass is 10.4. The Kier molecular flexibility index (Phi) is 5.96. The molecular weight excluding hydrogens is 334 g/mol. The fraction of sp³-hybridized carbons (Fsp3) is 0.417. The zero-order chi connectivity index (χ0) is 14.5.